The van der Waals surface area contributed by atoms with Crippen molar-refractivity contribution in [3.63, 3.8) is 0 Å². The van der Waals surface area contributed by atoms with Gasteiger partial charge in [0.05, 0.1) is 0 Å². The van der Waals surface area contributed by atoms with Gasteiger partial charge in [-0.3, -0.25) is 0 Å². The Balaban J connectivity index is 2.01. The Morgan fingerprint density at radius 2 is 2.00 bits per heavy atom. The van der Waals surface area contributed by atoms with E-state index in [2.05, 4.69) is 60.2 Å². The average molecular weight is 296 g/mol. The van der Waals surface area contributed by atoms with Crippen LogP contribution < -0.4 is 5.32 Å². The summed E-state index contributed by atoms with van der Waals surface area (Å²) in [5.41, 5.74) is 3.04. The van der Waals surface area contributed by atoms with Gasteiger partial charge in [-0.2, -0.15) is 0 Å². The SMILES string of the molecule is CC(C)C(C)NC1CCc2cc(Br)ccc2C1. The molecule has 0 amide bonds. The molecule has 0 bridgehead atoms. The molecule has 0 fully saturated rings. The zero-order valence-corrected chi connectivity index (χ0v) is 12.5. The van der Waals surface area contributed by atoms with E-state index in [9.17, 15) is 0 Å². The summed E-state index contributed by atoms with van der Waals surface area (Å²) in [5.74, 6) is 0.710. The van der Waals surface area contributed by atoms with Gasteiger partial charge in [0.15, 0.2) is 0 Å². The summed E-state index contributed by atoms with van der Waals surface area (Å²) in [4.78, 5) is 0. The standard InChI is InChI=1S/C15H22BrN/c1-10(2)11(3)17-15-7-5-12-8-14(16)6-4-13(12)9-15/h4,6,8,10-11,15,17H,5,7,9H2,1-3H3. The smallest absolute Gasteiger partial charge is 0.0178 e. The molecule has 0 aromatic heterocycles. The molecule has 1 N–H and O–H groups in total. The van der Waals surface area contributed by atoms with Crippen molar-refractivity contribution in [2.75, 3.05) is 0 Å². The lowest BCUT2D eigenvalue weighted by Gasteiger charge is -2.30. The highest BCUT2D eigenvalue weighted by atomic mass is 79.9. The van der Waals surface area contributed by atoms with E-state index >= 15 is 0 Å². The van der Waals surface area contributed by atoms with Crippen LogP contribution in [-0.4, -0.2) is 12.1 Å². The zero-order chi connectivity index (χ0) is 12.4. The van der Waals surface area contributed by atoms with Gasteiger partial charge < -0.3 is 5.32 Å². The van der Waals surface area contributed by atoms with Crippen LogP contribution in [0.5, 0.6) is 0 Å². The van der Waals surface area contributed by atoms with Crippen molar-refractivity contribution in [1.82, 2.24) is 5.32 Å². The molecule has 1 aromatic carbocycles. The number of rotatable bonds is 3. The molecule has 2 unspecified atom stereocenters. The van der Waals surface area contributed by atoms with Crippen molar-refractivity contribution in [3.05, 3.63) is 33.8 Å². The third-order valence-electron chi connectivity index (χ3n) is 3.90. The number of hydrogen-bond acceptors (Lipinski definition) is 1. The number of hydrogen-bond donors (Lipinski definition) is 1. The van der Waals surface area contributed by atoms with Crippen LogP contribution in [0.3, 0.4) is 0 Å². The molecule has 94 valence electrons. The number of nitrogens with one attached hydrogen (secondary N) is 1. The van der Waals surface area contributed by atoms with Crippen molar-refractivity contribution in [3.8, 4) is 0 Å². The van der Waals surface area contributed by atoms with Gasteiger partial charge in [0.2, 0.25) is 0 Å². The molecule has 0 radical (unpaired) electrons. The lowest BCUT2D eigenvalue weighted by molar-refractivity contribution is 0.349. The van der Waals surface area contributed by atoms with Crippen molar-refractivity contribution in [2.24, 2.45) is 5.92 Å². The summed E-state index contributed by atoms with van der Waals surface area (Å²) < 4.78 is 1.21. The maximum atomic E-state index is 3.76. The largest absolute Gasteiger partial charge is 0.311 e. The molecule has 1 aromatic rings. The lowest BCUT2D eigenvalue weighted by Crippen LogP contribution is -2.42. The Kier molecular flexibility index (Phi) is 4.26. The quantitative estimate of drug-likeness (QED) is 0.891. The van der Waals surface area contributed by atoms with Gasteiger partial charge in [0, 0.05) is 16.6 Å². The Hall–Kier alpha value is -0.340. The van der Waals surface area contributed by atoms with E-state index < -0.39 is 0 Å². The molecule has 0 saturated heterocycles. The molecule has 0 spiro atoms. The maximum Gasteiger partial charge on any atom is 0.0178 e. The lowest BCUT2D eigenvalue weighted by atomic mass is 9.87. The molecule has 2 atom stereocenters. The van der Waals surface area contributed by atoms with E-state index in [0.29, 0.717) is 18.0 Å². The first-order valence-electron chi connectivity index (χ1n) is 6.59. The van der Waals surface area contributed by atoms with Gasteiger partial charge in [-0.25, -0.2) is 0 Å². The van der Waals surface area contributed by atoms with Gasteiger partial charge in [-0.15, -0.1) is 0 Å². The van der Waals surface area contributed by atoms with E-state index in [-0.39, 0.29) is 0 Å². The summed E-state index contributed by atoms with van der Waals surface area (Å²) >= 11 is 3.55. The first-order chi connectivity index (χ1) is 8.06. The van der Waals surface area contributed by atoms with E-state index in [1.165, 1.54) is 34.9 Å². The van der Waals surface area contributed by atoms with Crippen LogP contribution in [0.25, 0.3) is 0 Å². The van der Waals surface area contributed by atoms with Crippen LogP contribution in [-0.2, 0) is 12.8 Å². The summed E-state index contributed by atoms with van der Waals surface area (Å²) in [5, 5.41) is 3.76. The van der Waals surface area contributed by atoms with Crippen LogP contribution in [0, 0.1) is 5.92 Å². The van der Waals surface area contributed by atoms with E-state index in [4.69, 9.17) is 0 Å². The minimum Gasteiger partial charge on any atom is -0.311 e. The molecule has 1 aliphatic carbocycles. The molecule has 1 nitrogen and oxygen atoms in total. The summed E-state index contributed by atoms with van der Waals surface area (Å²) in [6.07, 6.45) is 3.65. The Labute approximate surface area is 113 Å². The van der Waals surface area contributed by atoms with Crippen LogP contribution >= 0.6 is 15.9 Å². The second-order valence-corrected chi connectivity index (χ2v) is 6.47. The summed E-state index contributed by atoms with van der Waals surface area (Å²) in [6, 6.07) is 7.97. The van der Waals surface area contributed by atoms with Crippen LogP contribution in [0.4, 0.5) is 0 Å². The van der Waals surface area contributed by atoms with Crippen molar-refractivity contribution in [1.29, 1.82) is 0 Å². The fourth-order valence-corrected chi connectivity index (χ4v) is 2.84. The summed E-state index contributed by atoms with van der Waals surface area (Å²) in [6.45, 7) is 6.86. The molecule has 2 heteroatoms. The van der Waals surface area contributed by atoms with Gasteiger partial charge in [-0.1, -0.05) is 35.8 Å². The molecule has 2 rings (SSSR count). The Bertz CT molecular complexity index is 387. The third-order valence-corrected chi connectivity index (χ3v) is 4.39. The molecule has 0 saturated carbocycles. The number of halogens is 1. The highest BCUT2D eigenvalue weighted by molar-refractivity contribution is 9.10. The van der Waals surface area contributed by atoms with Gasteiger partial charge >= 0.3 is 0 Å². The molecular formula is C15H22BrN. The highest BCUT2D eigenvalue weighted by Crippen LogP contribution is 2.25. The molecular weight excluding hydrogens is 274 g/mol. The van der Waals surface area contributed by atoms with Crippen LogP contribution in [0.2, 0.25) is 0 Å². The number of aryl methyl sites for hydroxylation is 1. The van der Waals surface area contributed by atoms with Gasteiger partial charge in [0.1, 0.15) is 0 Å². The molecule has 0 heterocycles. The van der Waals surface area contributed by atoms with Crippen LogP contribution in [0.1, 0.15) is 38.3 Å². The Morgan fingerprint density at radius 1 is 1.24 bits per heavy atom. The normalized spacial score (nSPS) is 21.4. The highest BCUT2D eigenvalue weighted by Gasteiger charge is 2.20. The fraction of sp³-hybridized carbons (Fsp3) is 0.600. The maximum absolute atomic E-state index is 3.76. The number of fused-ring (bicyclic) bond motifs is 1. The van der Waals surface area contributed by atoms with E-state index in [1.807, 2.05) is 0 Å². The second kappa shape index (κ2) is 5.53. The Morgan fingerprint density at radius 3 is 2.71 bits per heavy atom. The van der Waals surface area contributed by atoms with Gasteiger partial charge in [0.25, 0.3) is 0 Å². The minimum atomic E-state index is 0.608. The molecule has 1 aliphatic rings. The third kappa shape index (κ3) is 3.32. The van der Waals surface area contributed by atoms with E-state index in [1.54, 1.807) is 0 Å². The number of benzene rings is 1. The fourth-order valence-electron chi connectivity index (χ4n) is 2.43. The zero-order valence-electron chi connectivity index (χ0n) is 11.0. The predicted octanol–water partition coefficient (Wildman–Crippen LogP) is 3.94. The topological polar surface area (TPSA) is 12.0 Å². The molecule has 0 aliphatic heterocycles. The first-order valence-corrected chi connectivity index (χ1v) is 7.39. The second-order valence-electron chi connectivity index (χ2n) is 5.55. The monoisotopic (exact) mass is 295 g/mol. The van der Waals surface area contributed by atoms with Gasteiger partial charge in [-0.05, 0) is 55.4 Å². The van der Waals surface area contributed by atoms with E-state index in [0.717, 1.165) is 0 Å². The summed E-state index contributed by atoms with van der Waals surface area (Å²) in [7, 11) is 0. The first kappa shape index (κ1) is 13.1. The minimum absolute atomic E-state index is 0.608. The van der Waals surface area contributed by atoms with Crippen molar-refractivity contribution < 1.29 is 0 Å². The van der Waals surface area contributed by atoms with Crippen LogP contribution in [0.15, 0.2) is 22.7 Å². The average Bonchev–Trinajstić information content (AvgIpc) is 2.29. The predicted molar refractivity (Wildman–Crippen MR) is 77.4 cm³/mol. The van der Waals surface area contributed by atoms with Crippen molar-refractivity contribution >= 4 is 15.9 Å². The van der Waals surface area contributed by atoms with Crippen molar-refractivity contribution in [2.45, 2.75) is 52.1 Å². The molecule has 17 heavy (non-hydrogen) atoms.